The van der Waals surface area contributed by atoms with Crippen molar-refractivity contribution < 1.29 is 4.79 Å². The average Bonchev–Trinajstić information content (AvgIpc) is 2.74. The van der Waals surface area contributed by atoms with Crippen LogP contribution in [-0.2, 0) is 11.2 Å². The summed E-state index contributed by atoms with van der Waals surface area (Å²) in [6.07, 6.45) is 3.11. The van der Waals surface area contributed by atoms with E-state index in [1.165, 1.54) is 5.56 Å². The smallest absolute Gasteiger partial charge is 0.237 e. The normalized spacial score (nSPS) is 11.7. The molecule has 0 heterocycles. The molecule has 0 bridgehead atoms. The highest BCUT2D eigenvalue weighted by Crippen LogP contribution is 2.35. The zero-order chi connectivity index (χ0) is 18.7. The molecule has 0 aromatic heterocycles. The fourth-order valence-corrected chi connectivity index (χ4v) is 4.01. The molecule has 138 valence electrons. The highest BCUT2D eigenvalue weighted by atomic mass is 32.2. The van der Waals surface area contributed by atoms with Gasteiger partial charge in [0.25, 0.3) is 0 Å². The number of carbonyl (C=O) groups excluding carboxylic acids is 1. The number of aryl methyl sites for hydroxylation is 1. The highest BCUT2D eigenvalue weighted by molar-refractivity contribution is 8.00. The van der Waals surface area contributed by atoms with Crippen molar-refractivity contribution in [2.45, 2.75) is 29.4 Å². The summed E-state index contributed by atoms with van der Waals surface area (Å²) in [4.78, 5) is 14.0. The molecule has 3 aromatic rings. The Bertz CT molecular complexity index is 806. The number of rotatable bonds is 9. The van der Waals surface area contributed by atoms with Crippen LogP contribution >= 0.6 is 11.8 Å². The molecule has 0 fully saturated rings. The first-order valence-corrected chi connectivity index (χ1v) is 10.3. The van der Waals surface area contributed by atoms with Crippen molar-refractivity contribution in [3.63, 3.8) is 0 Å². The molecule has 0 aliphatic rings. The second-order valence-corrected chi connectivity index (χ2v) is 7.63. The predicted octanol–water partition coefficient (Wildman–Crippen LogP) is 5.66. The molecule has 0 aliphatic carbocycles. The summed E-state index contributed by atoms with van der Waals surface area (Å²) >= 11 is 1.60. The van der Waals surface area contributed by atoms with E-state index in [9.17, 15) is 4.79 Å². The molecule has 3 aromatic carbocycles. The minimum Gasteiger partial charge on any atom is -0.355 e. The lowest BCUT2D eigenvalue weighted by atomic mass is 10.1. The standard InChI is InChI=1S/C24H25NOS/c26-24(25-19-11-10-14-20-12-4-1-5-13-20)23(21-15-6-2-7-16-21)27-22-17-8-3-9-18-22/h1-9,12-13,15-18,23H,10-11,14,19H2,(H,25,26). The van der Waals surface area contributed by atoms with E-state index in [0.717, 1.165) is 29.7 Å². The molecule has 0 spiro atoms. The maximum absolute atomic E-state index is 12.8. The van der Waals surface area contributed by atoms with Crippen molar-refractivity contribution in [1.82, 2.24) is 5.32 Å². The van der Waals surface area contributed by atoms with Crippen molar-refractivity contribution in [3.05, 3.63) is 102 Å². The van der Waals surface area contributed by atoms with Crippen LogP contribution in [0.25, 0.3) is 0 Å². The summed E-state index contributed by atoms with van der Waals surface area (Å²) < 4.78 is 0. The van der Waals surface area contributed by atoms with Crippen LogP contribution in [-0.4, -0.2) is 12.5 Å². The molecule has 1 unspecified atom stereocenters. The van der Waals surface area contributed by atoms with Gasteiger partial charge in [0.05, 0.1) is 0 Å². The number of hydrogen-bond donors (Lipinski definition) is 1. The van der Waals surface area contributed by atoms with E-state index in [-0.39, 0.29) is 11.2 Å². The Kier molecular flexibility index (Phi) is 7.55. The first-order chi connectivity index (χ1) is 13.3. The first kappa shape index (κ1) is 19.2. The van der Waals surface area contributed by atoms with E-state index < -0.39 is 0 Å². The van der Waals surface area contributed by atoms with Crippen molar-refractivity contribution in [2.75, 3.05) is 6.54 Å². The number of nitrogens with one attached hydrogen (secondary N) is 1. The zero-order valence-electron chi connectivity index (χ0n) is 15.4. The summed E-state index contributed by atoms with van der Waals surface area (Å²) in [5, 5.41) is 2.89. The van der Waals surface area contributed by atoms with E-state index in [1.54, 1.807) is 11.8 Å². The summed E-state index contributed by atoms with van der Waals surface area (Å²) in [7, 11) is 0. The van der Waals surface area contributed by atoms with Crippen LogP contribution in [0.4, 0.5) is 0 Å². The van der Waals surface area contributed by atoms with Gasteiger partial charge in [-0.2, -0.15) is 0 Å². The number of unbranched alkanes of at least 4 members (excludes halogenated alkanes) is 1. The lowest BCUT2D eigenvalue weighted by molar-refractivity contribution is -0.120. The maximum atomic E-state index is 12.8. The van der Waals surface area contributed by atoms with Crippen molar-refractivity contribution in [2.24, 2.45) is 0 Å². The number of benzene rings is 3. The fraction of sp³-hybridized carbons (Fsp3) is 0.208. The largest absolute Gasteiger partial charge is 0.355 e. The predicted molar refractivity (Wildman–Crippen MR) is 114 cm³/mol. The van der Waals surface area contributed by atoms with Crippen LogP contribution in [0.3, 0.4) is 0 Å². The molecule has 3 heteroatoms. The van der Waals surface area contributed by atoms with Crippen LogP contribution in [0.5, 0.6) is 0 Å². The molecule has 3 rings (SSSR count). The monoisotopic (exact) mass is 375 g/mol. The third-order valence-corrected chi connectivity index (χ3v) is 5.64. The van der Waals surface area contributed by atoms with Gasteiger partial charge in [-0.15, -0.1) is 11.8 Å². The number of amides is 1. The maximum Gasteiger partial charge on any atom is 0.237 e. The highest BCUT2D eigenvalue weighted by Gasteiger charge is 2.21. The van der Waals surface area contributed by atoms with E-state index in [0.29, 0.717) is 6.54 Å². The van der Waals surface area contributed by atoms with Crippen LogP contribution in [0.15, 0.2) is 95.9 Å². The number of thioether (sulfide) groups is 1. The number of hydrogen-bond acceptors (Lipinski definition) is 2. The van der Waals surface area contributed by atoms with E-state index in [4.69, 9.17) is 0 Å². The van der Waals surface area contributed by atoms with Gasteiger partial charge in [-0.25, -0.2) is 0 Å². The van der Waals surface area contributed by atoms with Crippen molar-refractivity contribution in [1.29, 1.82) is 0 Å². The SMILES string of the molecule is O=C(NCCCCc1ccccc1)C(Sc1ccccc1)c1ccccc1. The van der Waals surface area contributed by atoms with Gasteiger partial charge in [0.1, 0.15) is 5.25 Å². The van der Waals surface area contributed by atoms with Crippen LogP contribution < -0.4 is 5.32 Å². The van der Waals surface area contributed by atoms with Gasteiger partial charge < -0.3 is 5.32 Å². The Morgan fingerprint density at radius 2 is 1.37 bits per heavy atom. The Balaban J connectivity index is 1.53. The molecular formula is C24H25NOS. The quantitative estimate of drug-likeness (QED) is 0.386. The van der Waals surface area contributed by atoms with Gasteiger partial charge in [-0.05, 0) is 42.5 Å². The van der Waals surface area contributed by atoms with E-state index in [1.807, 2.05) is 66.7 Å². The fourth-order valence-electron chi connectivity index (χ4n) is 2.94. The van der Waals surface area contributed by atoms with Crippen molar-refractivity contribution >= 4 is 17.7 Å². The average molecular weight is 376 g/mol. The van der Waals surface area contributed by atoms with Gasteiger partial charge in [0.2, 0.25) is 5.91 Å². The Morgan fingerprint density at radius 3 is 2.04 bits per heavy atom. The van der Waals surface area contributed by atoms with Gasteiger partial charge in [0, 0.05) is 11.4 Å². The zero-order valence-corrected chi connectivity index (χ0v) is 16.2. The Hall–Kier alpha value is -2.52. The molecule has 0 radical (unpaired) electrons. The van der Waals surface area contributed by atoms with Crippen LogP contribution in [0.1, 0.15) is 29.2 Å². The summed E-state index contributed by atoms with van der Waals surface area (Å²) in [5.74, 6) is 0.0785. The minimum absolute atomic E-state index is 0.0785. The summed E-state index contributed by atoms with van der Waals surface area (Å²) in [5.41, 5.74) is 2.39. The van der Waals surface area contributed by atoms with E-state index >= 15 is 0 Å². The third kappa shape index (κ3) is 6.30. The lowest BCUT2D eigenvalue weighted by Gasteiger charge is -2.17. The molecule has 0 saturated carbocycles. The molecule has 0 aliphatic heterocycles. The first-order valence-electron chi connectivity index (χ1n) is 9.41. The molecule has 2 nitrogen and oxygen atoms in total. The molecular weight excluding hydrogens is 350 g/mol. The minimum atomic E-state index is -0.234. The number of carbonyl (C=O) groups is 1. The summed E-state index contributed by atoms with van der Waals surface area (Å²) in [6, 6.07) is 30.6. The van der Waals surface area contributed by atoms with Gasteiger partial charge >= 0.3 is 0 Å². The topological polar surface area (TPSA) is 29.1 Å². The van der Waals surface area contributed by atoms with E-state index in [2.05, 4.69) is 29.6 Å². The van der Waals surface area contributed by atoms with Gasteiger partial charge in [-0.3, -0.25) is 4.79 Å². The molecule has 1 amide bonds. The second-order valence-electron chi connectivity index (χ2n) is 6.46. The molecule has 0 saturated heterocycles. The van der Waals surface area contributed by atoms with Crippen molar-refractivity contribution in [3.8, 4) is 0 Å². The molecule has 1 atom stereocenters. The second kappa shape index (κ2) is 10.6. The van der Waals surface area contributed by atoms with Crippen LogP contribution in [0, 0.1) is 0 Å². The Labute approximate surface area is 166 Å². The van der Waals surface area contributed by atoms with Gasteiger partial charge in [0.15, 0.2) is 0 Å². The molecule has 27 heavy (non-hydrogen) atoms. The lowest BCUT2D eigenvalue weighted by Crippen LogP contribution is -2.29. The van der Waals surface area contributed by atoms with Gasteiger partial charge in [-0.1, -0.05) is 78.9 Å². The Morgan fingerprint density at radius 1 is 0.778 bits per heavy atom. The molecule has 1 N–H and O–H groups in total. The third-order valence-electron chi connectivity index (χ3n) is 4.37. The van der Waals surface area contributed by atoms with Crippen LogP contribution in [0.2, 0.25) is 0 Å². The summed E-state index contributed by atoms with van der Waals surface area (Å²) in [6.45, 7) is 0.713.